The minimum atomic E-state index is 0. The number of hydrogen-bond acceptors (Lipinski definition) is 6. The van der Waals surface area contributed by atoms with E-state index in [-0.39, 0.29) is 7.43 Å². The molecule has 6 nitrogen and oxygen atoms in total. The van der Waals surface area contributed by atoms with Crippen LogP contribution < -0.4 is 34.4 Å². The molecular formula is C56H84N6. The van der Waals surface area contributed by atoms with E-state index in [9.17, 15) is 0 Å². The van der Waals surface area contributed by atoms with Crippen molar-refractivity contribution >= 4 is 0 Å². The molecule has 0 spiro atoms. The number of benzene rings is 6. The maximum atomic E-state index is 5.57. The second-order valence-electron chi connectivity index (χ2n) is 15.6. The first kappa shape index (κ1) is 57.1. The van der Waals surface area contributed by atoms with Gasteiger partial charge in [-0.2, -0.15) is 0 Å². The standard InChI is InChI=1S/2C10H15N.3C9H13N.C8H11N.CH4/c1-3-9-4-5-10(7-11)8(2)6-9;1-3-9-5-4-8(2)10(6-9)7-11;1-7-3-4-9(6-10)8(2)5-7;1-7-3-4-8(2)9(5-7)6-10;1-7-4-3-5-9(6-10)8(7)2;1-7-4-2-3-5-8(7)6-9;/h2*4-6H,3,7,11H2,1-2H3;3*3-5H,6,10H2,1-2H3;2-5H,6,9H2,1H3;1H4. The Labute approximate surface area is 378 Å². The highest BCUT2D eigenvalue weighted by atomic mass is 14.5. The maximum absolute atomic E-state index is 5.57. The Morgan fingerprint density at radius 3 is 1.13 bits per heavy atom. The van der Waals surface area contributed by atoms with Gasteiger partial charge < -0.3 is 34.4 Å². The van der Waals surface area contributed by atoms with E-state index >= 15 is 0 Å². The van der Waals surface area contributed by atoms with Crippen molar-refractivity contribution in [3.8, 4) is 0 Å². The van der Waals surface area contributed by atoms with Crippen molar-refractivity contribution in [2.45, 2.75) is 136 Å². The van der Waals surface area contributed by atoms with Crippen LogP contribution in [0.4, 0.5) is 0 Å². The third-order valence-corrected chi connectivity index (χ3v) is 10.9. The van der Waals surface area contributed by atoms with Crippen LogP contribution >= 0.6 is 0 Å². The number of aryl methyl sites for hydroxylation is 10. The SMILES string of the molecule is C.CCc1ccc(C)c(CN)c1.CCc1ccc(CN)c(C)c1.Cc1ccc(C)c(CN)c1.Cc1ccc(CN)c(C)c1.Cc1cccc(CN)c1C.Cc1ccccc1CN. The van der Waals surface area contributed by atoms with Gasteiger partial charge in [0.15, 0.2) is 0 Å². The number of nitrogens with two attached hydrogens (primary N) is 6. The Hall–Kier alpha value is -4.92. The zero-order valence-corrected chi connectivity index (χ0v) is 39.6. The van der Waals surface area contributed by atoms with E-state index in [0.717, 1.165) is 12.8 Å². The molecular weight excluding hydrogens is 757 g/mol. The summed E-state index contributed by atoms with van der Waals surface area (Å²) in [6, 6.07) is 40.0. The predicted octanol–water partition coefficient (Wildman–Crippen LogP) is 11.4. The molecule has 0 aromatic heterocycles. The van der Waals surface area contributed by atoms with Crippen molar-refractivity contribution in [2.24, 2.45) is 34.4 Å². The minimum Gasteiger partial charge on any atom is -0.326 e. The average Bonchev–Trinajstić information content (AvgIpc) is 3.27. The van der Waals surface area contributed by atoms with E-state index in [1.807, 2.05) is 18.2 Å². The Morgan fingerprint density at radius 1 is 0.306 bits per heavy atom. The molecule has 6 aromatic rings. The fraction of sp³-hybridized carbons (Fsp3) is 0.357. The highest BCUT2D eigenvalue weighted by Crippen LogP contribution is 2.13. The molecule has 0 radical (unpaired) electrons. The lowest BCUT2D eigenvalue weighted by molar-refractivity contribution is 1.03. The topological polar surface area (TPSA) is 156 Å². The van der Waals surface area contributed by atoms with Crippen LogP contribution in [0.25, 0.3) is 0 Å². The first-order valence-electron chi connectivity index (χ1n) is 21.7. The molecule has 0 aliphatic heterocycles. The Kier molecular flexibility index (Phi) is 29.3. The molecule has 6 rings (SSSR count). The van der Waals surface area contributed by atoms with Crippen molar-refractivity contribution in [2.75, 3.05) is 0 Å². The summed E-state index contributed by atoms with van der Waals surface area (Å²) < 4.78 is 0. The lowest BCUT2D eigenvalue weighted by Crippen LogP contribution is -1.99. The summed E-state index contributed by atoms with van der Waals surface area (Å²) in [5, 5.41) is 0. The van der Waals surface area contributed by atoms with E-state index in [1.54, 1.807) is 0 Å². The highest BCUT2D eigenvalue weighted by Gasteiger charge is 1.99. The quantitative estimate of drug-likeness (QED) is 0.0896. The van der Waals surface area contributed by atoms with E-state index in [1.165, 1.54) is 94.6 Å². The highest BCUT2D eigenvalue weighted by molar-refractivity contribution is 5.34. The van der Waals surface area contributed by atoms with Crippen molar-refractivity contribution in [1.29, 1.82) is 0 Å². The molecule has 0 saturated heterocycles. The summed E-state index contributed by atoms with van der Waals surface area (Å²) in [6.45, 7) is 27.1. The monoisotopic (exact) mass is 841 g/mol. The molecule has 0 amide bonds. The molecule has 0 bridgehead atoms. The van der Waals surface area contributed by atoms with Gasteiger partial charge >= 0.3 is 0 Å². The summed E-state index contributed by atoms with van der Waals surface area (Å²) in [7, 11) is 0. The molecule has 6 aromatic carbocycles. The molecule has 0 atom stereocenters. The summed E-state index contributed by atoms with van der Waals surface area (Å²) >= 11 is 0. The average molecular weight is 841 g/mol. The van der Waals surface area contributed by atoms with Crippen LogP contribution in [0.1, 0.15) is 116 Å². The smallest absolute Gasteiger partial charge is 0.0180 e. The van der Waals surface area contributed by atoms with Gasteiger partial charge in [0, 0.05) is 39.3 Å². The third kappa shape index (κ3) is 20.8. The first-order chi connectivity index (χ1) is 29.1. The number of rotatable bonds is 8. The van der Waals surface area contributed by atoms with Crippen LogP contribution in [0.2, 0.25) is 0 Å². The van der Waals surface area contributed by atoms with Gasteiger partial charge in [0.2, 0.25) is 0 Å². The summed E-state index contributed by atoms with van der Waals surface area (Å²) in [5.74, 6) is 0. The summed E-state index contributed by atoms with van der Waals surface area (Å²) in [6.07, 6.45) is 2.19. The fourth-order valence-electron chi connectivity index (χ4n) is 6.34. The van der Waals surface area contributed by atoms with Crippen molar-refractivity contribution in [3.05, 3.63) is 210 Å². The minimum absolute atomic E-state index is 0. The molecule has 0 fully saturated rings. The van der Waals surface area contributed by atoms with E-state index < -0.39 is 0 Å². The van der Waals surface area contributed by atoms with E-state index in [0.29, 0.717) is 39.3 Å². The van der Waals surface area contributed by atoms with Crippen LogP contribution in [0, 0.1) is 62.3 Å². The first-order valence-corrected chi connectivity index (χ1v) is 21.7. The van der Waals surface area contributed by atoms with Crippen LogP contribution in [0.3, 0.4) is 0 Å². The van der Waals surface area contributed by atoms with Crippen molar-refractivity contribution < 1.29 is 0 Å². The van der Waals surface area contributed by atoms with Gasteiger partial charge in [0.1, 0.15) is 0 Å². The van der Waals surface area contributed by atoms with Gasteiger partial charge in [0.25, 0.3) is 0 Å². The fourth-order valence-corrected chi connectivity index (χ4v) is 6.34. The molecule has 0 heterocycles. The Balaban J connectivity index is 0.000000719. The van der Waals surface area contributed by atoms with Crippen LogP contribution in [-0.2, 0) is 52.1 Å². The van der Waals surface area contributed by atoms with Gasteiger partial charge in [-0.1, -0.05) is 148 Å². The van der Waals surface area contributed by atoms with Crippen molar-refractivity contribution in [3.63, 3.8) is 0 Å². The lowest BCUT2D eigenvalue weighted by atomic mass is 10.0. The normalized spacial score (nSPS) is 9.76. The molecule has 0 unspecified atom stereocenters. The molecule has 62 heavy (non-hydrogen) atoms. The van der Waals surface area contributed by atoms with Crippen LogP contribution in [-0.4, -0.2) is 0 Å². The zero-order valence-electron chi connectivity index (χ0n) is 39.6. The van der Waals surface area contributed by atoms with Crippen LogP contribution in [0.5, 0.6) is 0 Å². The Morgan fingerprint density at radius 2 is 0.677 bits per heavy atom. The van der Waals surface area contributed by atoms with Gasteiger partial charge in [0.05, 0.1) is 0 Å². The predicted molar refractivity (Wildman–Crippen MR) is 274 cm³/mol. The molecule has 6 heteroatoms. The molecule has 338 valence electrons. The lowest BCUT2D eigenvalue weighted by Gasteiger charge is -2.04. The van der Waals surface area contributed by atoms with Gasteiger partial charge in [-0.05, 0) is 159 Å². The van der Waals surface area contributed by atoms with Gasteiger partial charge in [-0.3, -0.25) is 0 Å². The summed E-state index contributed by atoms with van der Waals surface area (Å²) in [4.78, 5) is 0. The van der Waals surface area contributed by atoms with E-state index in [2.05, 4.69) is 173 Å². The zero-order chi connectivity index (χ0) is 45.9. The van der Waals surface area contributed by atoms with Gasteiger partial charge in [-0.15, -0.1) is 0 Å². The van der Waals surface area contributed by atoms with E-state index in [4.69, 9.17) is 34.4 Å². The number of hydrogen-bond donors (Lipinski definition) is 6. The maximum Gasteiger partial charge on any atom is 0.0180 e. The third-order valence-electron chi connectivity index (χ3n) is 10.9. The van der Waals surface area contributed by atoms with Crippen LogP contribution in [0.15, 0.2) is 115 Å². The second kappa shape index (κ2) is 31.9. The van der Waals surface area contributed by atoms with Crippen molar-refractivity contribution in [1.82, 2.24) is 0 Å². The molecule has 0 aliphatic rings. The summed E-state index contributed by atoms with van der Waals surface area (Å²) in [5.41, 5.74) is 55.1. The van der Waals surface area contributed by atoms with Gasteiger partial charge in [-0.25, -0.2) is 0 Å². The largest absolute Gasteiger partial charge is 0.326 e. The molecule has 12 N–H and O–H groups in total. The Bertz CT molecular complexity index is 2150. The molecule has 0 aliphatic carbocycles. The molecule has 0 saturated carbocycles. The second-order valence-corrected chi connectivity index (χ2v) is 15.6.